The summed E-state index contributed by atoms with van der Waals surface area (Å²) in [6, 6.07) is 6.66. The van der Waals surface area contributed by atoms with Crippen LogP contribution in [0.4, 0.5) is 13.2 Å². The second-order valence-electron chi connectivity index (χ2n) is 7.11. The van der Waals surface area contributed by atoms with E-state index in [2.05, 4.69) is 5.32 Å². The summed E-state index contributed by atoms with van der Waals surface area (Å²) in [4.78, 5) is 28.0. The summed E-state index contributed by atoms with van der Waals surface area (Å²) < 4.78 is 37.8. The lowest BCUT2D eigenvalue weighted by Gasteiger charge is -2.21. The highest BCUT2D eigenvalue weighted by atomic mass is 32.1. The lowest BCUT2D eigenvalue weighted by atomic mass is 9.87. The Morgan fingerprint density at radius 3 is 2.50 bits per heavy atom. The van der Waals surface area contributed by atoms with Crippen LogP contribution in [0, 0.1) is 5.92 Å². The van der Waals surface area contributed by atoms with Crippen molar-refractivity contribution in [2.24, 2.45) is 5.92 Å². The number of rotatable bonds is 4. The highest BCUT2D eigenvalue weighted by Crippen LogP contribution is 2.33. The minimum absolute atomic E-state index is 0.0392. The summed E-state index contributed by atoms with van der Waals surface area (Å²) in [5, 5.41) is 2.81. The zero-order valence-electron chi connectivity index (χ0n) is 15.6. The topological polar surface area (TPSA) is 49.4 Å². The van der Waals surface area contributed by atoms with Gasteiger partial charge in [-0.15, -0.1) is 11.3 Å². The maximum absolute atomic E-state index is 12.6. The van der Waals surface area contributed by atoms with Crippen LogP contribution in [0.2, 0.25) is 0 Å². The fourth-order valence-corrected chi connectivity index (χ4v) is 4.45. The second kappa shape index (κ2) is 7.95. The summed E-state index contributed by atoms with van der Waals surface area (Å²) >= 11 is 1.48. The predicted octanol–water partition coefficient (Wildman–Crippen LogP) is 3.89. The number of hydrogen-bond acceptors (Lipinski definition) is 3. The highest BCUT2D eigenvalue weighted by molar-refractivity contribution is 7.14. The Bertz CT molecular complexity index is 873. The minimum Gasteiger partial charge on any atom is -0.352 e. The number of carbonyl (C=O) groups is 2. The van der Waals surface area contributed by atoms with Crippen LogP contribution in [-0.2, 0) is 30.4 Å². The Hall–Kier alpha value is -2.35. The number of nitrogens with zero attached hydrogens (tertiary/aromatic N) is 1. The molecule has 4 nitrogen and oxygen atoms in total. The van der Waals surface area contributed by atoms with Gasteiger partial charge < -0.3 is 10.2 Å². The standard InChI is InChI=1S/C20H21F3N2O2S/c1-25(2)19(27)17-10-14-9-13(5-8-16(14)28-17)18(26)24-11-12-3-6-15(7-4-12)20(21,22)23/h3-4,6-7,10,13H,5,8-9,11H2,1-2H3,(H,24,26). The van der Waals surface area contributed by atoms with Crippen molar-refractivity contribution >= 4 is 23.2 Å². The molecule has 1 aliphatic rings. The maximum Gasteiger partial charge on any atom is 0.416 e. The Morgan fingerprint density at radius 2 is 1.89 bits per heavy atom. The number of alkyl halides is 3. The number of aryl methyl sites for hydroxylation is 1. The third-order valence-corrected chi connectivity index (χ3v) is 6.04. The van der Waals surface area contributed by atoms with E-state index in [1.54, 1.807) is 14.1 Å². The molecule has 8 heteroatoms. The van der Waals surface area contributed by atoms with Crippen LogP contribution in [0.5, 0.6) is 0 Å². The van der Waals surface area contributed by atoms with Gasteiger partial charge in [0.05, 0.1) is 10.4 Å². The maximum atomic E-state index is 12.6. The Balaban J connectivity index is 1.58. The third kappa shape index (κ3) is 4.55. The number of carbonyl (C=O) groups excluding carboxylic acids is 2. The van der Waals surface area contributed by atoms with Gasteiger partial charge in [-0.1, -0.05) is 12.1 Å². The molecule has 0 spiro atoms. The van der Waals surface area contributed by atoms with Crippen LogP contribution in [0.1, 0.15) is 37.7 Å². The van der Waals surface area contributed by atoms with Crippen molar-refractivity contribution in [1.82, 2.24) is 10.2 Å². The molecule has 0 aliphatic heterocycles. The average Bonchev–Trinajstić information content (AvgIpc) is 3.08. The minimum atomic E-state index is -4.37. The van der Waals surface area contributed by atoms with E-state index < -0.39 is 11.7 Å². The van der Waals surface area contributed by atoms with Crippen molar-refractivity contribution in [2.45, 2.75) is 32.0 Å². The van der Waals surface area contributed by atoms with Gasteiger partial charge >= 0.3 is 6.18 Å². The molecule has 1 aliphatic carbocycles. The van der Waals surface area contributed by atoms with Crippen LogP contribution < -0.4 is 5.32 Å². The van der Waals surface area contributed by atoms with Gasteiger partial charge in [0.2, 0.25) is 5.91 Å². The van der Waals surface area contributed by atoms with E-state index in [0.717, 1.165) is 29.0 Å². The molecule has 150 valence electrons. The van der Waals surface area contributed by atoms with E-state index in [9.17, 15) is 22.8 Å². The first-order valence-corrected chi connectivity index (χ1v) is 9.74. The van der Waals surface area contributed by atoms with E-state index in [1.165, 1.54) is 28.4 Å². The molecule has 1 aromatic heterocycles. The van der Waals surface area contributed by atoms with E-state index >= 15 is 0 Å². The molecule has 1 N–H and O–H groups in total. The Morgan fingerprint density at radius 1 is 1.21 bits per heavy atom. The van der Waals surface area contributed by atoms with E-state index in [0.29, 0.717) is 23.3 Å². The van der Waals surface area contributed by atoms with Crippen molar-refractivity contribution in [3.8, 4) is 0 Å². The van der Waals surface area contributed by atoms with Crippen molar-refractivity contribution in [3.63, 3.8) is 0 Å². The zero-order chi connectivity index (χ0) is 20.5. The number of fused-ring (bicyclic) bond motifs is 1. The van der Waals surface area contributed by atoms with E-state index in [1.807, 2.05) is 6.07 Å². The van der Waals surface area contributed by atoms with Gasteiger partial charge in [0.25, 0.3) is 5.91 Å². The molecule has 0 radical (unpaired) electrons. The van der Waals surface area contributed by atoms with Crippen molar-refractivity contribution in [2.75, 3.05) is 14.1 Å². The molecule has 0 saturated carbocycles. The molecular weight excluding hydrogens is 389 g/mol. The number of benzene rings is 1. The summed E-state index contributed by atoms with van der Waals surface area (Å²) in [6.07, 6.45) is -2.35. The van der Waals surface area contributed by atoms with Gasteiger partial charge in [0.1, 0.15) is 0 Å². The number of thiophene rings is 1. The van der Waals surface area contributed by atoms with Crippen molar-refractivity contribution in [3.05, 3.63) is 56.8 Å². The molecule has 2 aromatic rings. The van der Waals surface area contributed by atoms with E-state index in [4.69, 9.17) is 0 Å². The fraction of sp³-hybridized carbons (Fsp3) is 0.400. The van der Waals surface area contributed by atoms with Crippen LogP contribution in [0.3, 0.4) is 0 Å². The van der Waals surface area contributed by atoms with Crippen LogP contribution in [-0.4, -0.2) is 30.8 Å². The predicted molar refractivity (Wildman–Crippen MR) is 101 cm³/mol. The fourth-order valence-electron chi connectivity index (χ4n) is 3.22. The first-order valence-electron chi connectivity index (χ1n) is 8.92. The average molecular weight is 410 g/mol. The second-order valence-corrected chi connectivity index (χ2v) is 8.25. The van der Waals surface area contributed by atoms with Crippen LogP contribution in [0.15, 0.2) is 30.3 Å². The quantitative estimate of drug-likeness (QED) is 0.832. The molecule has 1 unspecified atom stereocenters. The summed E-state index contributed by atoms with van der Waals surface area (Å²) in [5.74, 6) is -0.348. The lowest BCUT2D eigenvalue weighted by Crippen LogP contribution is -2.33. The number of halogens is 3. The first kappa shape index (κ1) is 20.4. The Labute approximate surface area is 165 Å². The zero-order valence-corrected chi connectivity index (χ0v) is 16.4. The third-order valence-electron chi connectivity index (χ3n) is 4.82. The van der Waals surface area contributed by atoms with Gasteiger partial charge in [-0.2, -0.15) is 13.2 Å². The van der Waals surface area contributed by atoms with Crippen LogP contribution >= 0.6 is 11.3 Å². The van der Waals surface area contributed by atoms with Crippen LogP contribution in [0.25, 0.3) is 0 Å². The van der Waals surface area contributed by atoms with Gasteiger partial charge in [0.15, 0.2) is 0 Å². The SMILES string of the molecule is CN(C)C(=O)c1cc2c(s1)CCC(C(=O)NCc1ccc(C(F)(F)F)cc1)C2. The molecule has 1 atom stereocenters. The molecular formula is C20H21F3N2O2S. The van der Waals surface area contributed by atoms with E-state index in [-0.39, 0.29) is 24.3 Å². The van der Waals surface area contributed by atoms with Gasteiger partial charge in [-0.3, -0.25) is 9.59 Å². The highest BCUT2D eigenvalue weighted by Gasteiger charge is 2.30. The molecule has 2 amide bonds. The molecule has 3 rings (SSSR count). The normalized spacial score (nSPS) is 16.4. The number of hydrogen-bond donors (Lipinski definition) is 1. The molecule has 1 aromatic carbocycles. The van der Waals surface area contributed by atoms with Gasteiger partial charge in [-0.05, 0) is 48.6 Å². The number of amides is 2. The summed E-state index contributed by atoms with van der Waals surface area (Å²) in [7, 11) is 3.41. The number of nitrogens with one attached hydrogen (secondary N) is 1. The van der Waals surface area contributed by atoms with Gasteiger partial charge in [-0.25, -0.2) is 0 Å². The van der Waals surface area contributed by atoms with Crippen molar-refractivity contribution in [1.29, 1.82) is 0 Å². The van der Waals surface area contributed by atoms with Gasteiger partial charge in [0, 0.05) is 31.4 Å². The summed E-state index contributed by atoms with van der Waals surface area (Å²) in [5.41, 5.74) is 0.950. The first-order chi connectivity index (χ1) is 13.1. The Kier molecular flexibility index (Phi) is 5.79. The smallest absolute Gasteiger partial charge is 0.352 e. The lowest BCUT2D eigenvalue weighted by molar-refractivity contribution is -0.137. The van der Waals surface area contributed by atoms with Crippen molar-refractivity contribution < 1.29 is 22.8 Å². The molecule has 0 fully saturated rings. The molecule has 0 bridgehead atoms. The molecule has 0 saturated heterocycles. The largest absolute Gasteiger partial charge is 0.416 e. The molecule has 28 heavy (non-hydrogen) atoms. The summed E-state index contributed by atoms with van der Waals surface area (Å²) in [6.45, 7) is 0.189. The molecule has 1 heterocycles. The monoisotopic (exact) mass is 410 g/mol.